The first kappa shape index (κ1) is 14.3. The standard InChI is InChI=1S/C13H26N2O2/c1-3-5-6-12(4-2)11-14-13(16)15-7-9-17-10-8-15/h12H,3-11H2,1-2H3,(H,14,16)/t12-/m0/s1. The lowest BCUT2D eigenvalue weighted by Crippen LogP contribution is -2.47. The van der Waals surface area contributed by atoms with Crippen molar-refractivity contribution in [2.45, 2.75) is 39.5 Å². The van der Waals surface area contributed by atoms with Gasteiger partial charge in [-0.3, -0.25) is 0 Å². The molecule has 1 aliphatic heterocycles. The van der Waals surface area contributed by atoms with Crippen molar-refractivity contribution in [3.8, 4) is 0 Å². The Kier molecular flexibility index (Phi) is 7.01. The highest BCUT2D eigenvalue weighted by molar-refractivity contribution is 5.74. The predicted octanol–water partition coefficient (Wildman–Crippen LogP) is 2.24. The molecule has 0 radical (unpaired) electrons. The number of carbonyl (C=O) groups is 1. The van der Waals surface area contributed by atoms with Crippen molar-refractivity contribution in [2.24, 2.45) is 5.92 Å². The number of hydrogen-bond acceptors (Lipinski definition) is 2. The molecule has 1 N–H and O–H groups in total. The number of amides is 2. The molecule has 0 aromatic rings. The zero-order valence-electron chi connectivity index (χ0n) is 11.2. The smallest absolute Gasteiger partial charge is 0.317 e. The van der Waals surface area contributed by atoms with E-state index in [1.165, 1.54) is 19.3 Å². The van der Waals surface area contributed by atoms with E-state index in [0.717, 1.165) is 26.1 Å². The molecule has 0 aromatic heterocycles. The molecular weight excluding hydrogens is 216 g/mol. The van der Waals surface area contributed by atoms with Crippen molar-refractivity contribution in [2.75, 3.05) is 32.8 Å². The molecule has 1 atom stereocenters. The minimum atomic E-state index is 0.0725. The van der Waals surface area contributed by atoms with Gasteiger partial charge in [-0.1, -0.05) is 33.1 Å². The summed E-state index contributed by atoms with van der Waals surface area (Å²) in [5.41, 5.74) is 0. The lowest BCUT2D eigenvalue weighted by molar-refractivity contribution is 0.0529. The van der Waals surface area contributed by atoms with Gasteiger partial charge in [0, 0.05) is 19.6 Å². The largest absolute Gasteiger partial charge is 0.378 e. The van der Waals surface area contributed by atoms with E-state index >= 15 is 0 Å². The number of nitrogens with one attached hydrogen (secondary N) is 1. The Morgan fingerprint density at radius 1 is 1.35 bits per heavy atom. The molecule has 0 unspecified atom stereocenters. The number of urea groups is 1. The lowest BCUT2D eigenvalue weighted by Gasteiger charge is -2.27. The number of unbranched alkanes of at least 4 members (excludes halogenated alkanes) is 1. The number of hydrogen-bond donors (Lipinski definition) is 1. The summed E-state index contributed by atoms with van der Waals surface area (Å²) in [6.07, 6.45) is 4.85. The van der Waals surface area contributed by atoms with Crippen LogP contribution in [0.2, 0.25) is 0 Å². The molecule has 1 fully saturated rings. The van der Waals surface area contributed by atoms with Crippen LogP contribution in [0.15, 0.2) is 0 Å². The molecule has 0 spiro atoms. The van der Waals surface area contributed by atoms with Gasteiger partial charge in [0.25, 0.3) is 0 Å². The zero-order chi connectivity index (χ0) is 12.5. The van der Waals surface area contributed by atoms with Crippen molar-refractivity contribution in [1.29, 1.82) is 0 Å². The molecule has 1 rings (SSSR count). The SMILES string of the molecule is CCCC[C@H](CC)CNC(=O)N1CCOCC1. The first-order valence-corrected chi connectivity index (χ1v) is 6.88. The summed E-state index contributed by atoms with van der Waals surface area (Å²) >= 11 is 0. The van der Waals surface area contributed by atoms with Crippen LogP contribution in [0.5, 0.6) is 0 Å². The molecule has 0 bridgehead atoms. The summed E-state index contributed by atoms with van der Waals surface area (Å²) in [4.78, 5) is 13.7. The molecule has 1 saturated heterocycles. The second-order valence-corrected chi connectivity index (χ2v) is 4.70. The number of carbonyl (C=O) groups excluding carboxylic acids is 1. The fraction of sp³-hybridized carbons (Fsp3) is 0.923. The second kappa shape index (κ2) is 8.34. The van der Waals surface area contributed by atoms with Crippen LogP contribution in [-0.4, -0.2) is 43.8 Å². The van der Waals surface area contributed by atoms with E-state index in [9.17, 15) is 4.79 Å². The number of nitrogens with zero attached hydrogens (tertiary/aromatic N) is 1. The Hall–Kier alpha value is -0.770. The topological polar surface area (TPSA) is 41.6 Å². The average molecular weight is 242 g/mol. The lowest BCUT2D eigenvalue weighted by atomic mass is 9.99. The minimum Gasteiger partial charge on any atom is -0.378 e. The third kappa shape index (κ3) is 5.39. The molecular formula is C13H26N2O2. The van der Waals surface area contributed by atoms with Gasteiger partial charge >= 0.3 is 6.03 Å². The van der Waals surface area contributed by atoms with E-state index in [2.05, 4.69) is 19.2 Å². The van der Waals surface area contributed by atoms with Gasteiger partial charge in [0.1, 0.15) is 0 Å². The molecule has 4 heteroatoms. The van der Waals surface area contributed by atoms with E-state index < -0.39 is 0 Å². The van der Waals surface area contributed by atoms with Crippen molar-refractivity contribution in [1.82, 2.24) is 10.2 Å². The summed E-state index contributed by atoms with van der Waals surface area (Å²) < 4.78 is 5.23. The summed E-state index contributed by atoms with van der Waals surface area (Å²) in [7, 11) is 0. The third-order valence-corrected chi connectivity index (χ3v) is 3.38. The number of ether oxygens (including phenoxy) is 1. The maximum absolute atomic E-state index is 11.9. The van der Waals surface area contributed by atoms with E-state index in [1.54, 1.807) is 0 Å². The van der Waals surface area contributed by atoms with Crippen LogP contribution in [0, 0.1) is 5.92 Å². The van der Waals surface area contributed by atoms with Gasteiger partial charge in [0.05, 0.1) is 13.2 Å². The Bertz CT molecular complexity index is 215. The molecule has 17 heavy (non-hydrogen) atoms. The fourth-order valence-electron chi connectivity index (χ4n) is 2.05. The highest BCUT2D eigenvalue weighted by atomic mass is 16.5. The molecule has 2 amide bonds. The average Bonchev–Trinajstić information content (AvgIpc) is 2.39. The summed E-state index contributed by atoms with van der Waals surface area (Å²) in [5.74, 6) is 0.625. The van der Waals surface area contributed by atoms with Crippen LogP contribution in [0.4, 0.5) is 4.79 Å². The van der Waals surface area contributed by atoms with Crippen LogP contribution >= 0.6 is 0 Å². The summed E-state index contributed by atoms with van der Waals surface area (Å²) in [6.45, 7) is 7.99. The van der Waals surface area contributed by atoms with E-state index in [1.807, 2.05) is 4.90 Å². The van der Waals surface area contributed by atoms with Gasteiger partial charge in [-0.25, -0.2) is 4.79 Å². The molecule has 0 aromatic carbocycles. The van der Waals surface area contributed by atoms with Gasteiger partial charge in [-0.15, -0.1) is 0 Å². The monoisotopic (exact) mass is 242 g/mol. The van der Waals surface area contributed by atoms with Crippen molar-refractivity contribution in [3.05, 3.63) is 0 Å². The Morgan fingerprint density at radius 2 is 2.06 bits per heavy atom. The molecule has 4 nitrogen and oxygen atoms in total. The molecule has 100 valence electrons. The quantitative estimate of drug-likeness (QED) is 0.776. The normalized spacial score (nSPS) is 17.9. The minimum absolute atomic E-state index is 0.0725. The molecule has 1 aliphatic rings. The van der Waals surface area contributed by atoms with Crippen molar-refractivity contribution >= 4 is 6.03 Å². The molecule has 0 saturated carbocycles. The van der Waals surface area contributed by atoms with Gasteiger partial charge in [-0.2, -0.15) is 0 Å². The van der Waals surface area contributed by atoms with Crippen molar-refractivity contribution < 1.29 is 9.53 Å². The fourth-order valence-corrected chi connectivity index (χ4v) is 2.05. The third-order valence-electron chi connectivity index (χ3n) is 3.38. The van der Waals surface area contributed by atoms with Crippen LogP contribution in [0.1, 0.15) is 39.5 Å². The Labute approximate surface area is 105 Å². The Morgan fingerprint density at radius 3 is 2.65 bits per heavy atom. The predicted molar refractivity (Wildman–Crippen MR) is 69.1 cm³/mol. The molecule has 1 heterocycles. The maximum atomic E-state index is 11.9. The van der Waals surface area contributed by atoms with E-state index in [-0.39, 0.29) is 6.03 Å². The van der Waals surface area contributed by atoms with Crippen molar-refractivity contribution in [3.63, 3.8) is 0 Å². The van der Waals surface area contributed by atoms with Gasteiger partial charge in [-0.05, 0) is 12.3 Å². The first-order valence-electron chi connectivity index (χ1n) is 6.88. The maximum Gasteiger partial charge on any atom is 0.317 e. The van der Waals surface area contributed by atoms with Crippen LogP contribution in [-0.2, 0) is 4.74 Å². The van der Waals surface area contributed by atoms with Crippen LogP contribution in [0.25, 0.3) is 0 Å². The zero-order valence-corrected chi connectivity index (χ0v) is 11.2. The van der Waals surface area contributed by atoms with Gasteiger partial charge in [0.2, 0.25) is 0 Å². The Balaban J connectivity index is 2.20. The highest BCUT2D eigenvalue weighted by Gasteiger charge is 2.17. The van der Waals surface area contributed by atoms with E-state index in [4.69, 9.17) is 4.74 Å². The van der Waals surface area contributed by atoms with Gasteiger partial charge < -0.3 is 15.0 Å². The summed E-state index contributed by atoms with van der Waals surface area (Å²) in [5, 5.41) is 3.04. The highest BCUT2D eigenvalue weighted by Crippen LogP contribution is 2.11. The van der Waals surface area contributed by atoms with Crippen LogP contribution in [0.3, 0.4) is 0 Å². The second-order valence-electron chi connectivity index (χ2n) is 4.70. The molecule has 0 aliphatic carbocycles. The summed E-state index contributed by atoms with van der Waals surface area (Å²) in [6, 6.07) is 0.0725. The number of morpholine rings is 1. The van der Waals surface area contributed by atoms with Gasteiger partial charge in [0.15, 0.2) is 0 Å². The number of rotatable bonds is 6. The first-order chi connectivity index (χ1) is 8.27. The van der Waals surface area contributed by atoms with Crippen LogP contribution < -0.4 is 5.32 Å². The van der Waals surface area contributed by atoms with E-state index in [0.29, 0.717) is 19.1 Å².